The number of hydrogen-bond donors (Lipinski definition) is 1. The average molecular weight is 191 g/mol. The molecule has 1 atom stereocenters. The molecule has 1 N–H and O–H groups in total. The molecule has 0 aliphatic rings. The van der Waals surface area contributed by atoms with Gasteiger partial charge in [-0.2, -0.15) is 0 Å². The quantitative estimate of drug-likeness (QED) is 0.442. The first kappa shape index (κ1) is 10.8. The van der Waals surface area contributed by atoms with Crippen molar-refractivity contribution in [3.8, 4) is 0 Å². The minimum atomic E-state index is 0.522. The molecular weight excluding hydrogens is 174 g/mol. The molecule has 1 unspecified atom stereocenters. The summed E-state index contributed by atoms with van der Waals surface area (Å²) >= 11 is 0. The summed E-state index contributed by atoms with van der Waals surface area (Å²) in [4.78, 5) is 0. The van der Waals surface area contributed by atoms with Gasteiger partial charge < -0.3 is 5.21 Å². The van der Waals surface area contributed by atoms with E-state index in [1.165, 1.54) is 11.1 Å². The molecule has 0 aliphatic heterocycles. The number of benzene rings is 1. The van der Waals surface area contributed by atoms with Gasteiger partial charge in [0.2, 0.25) is 0 Å². The Hall–Kier alpha value is -1.31. The third-order valence-corrected chi connectivity index (χ3v) is 2.53. The molecule has 0 radical (unpaired) electrons. The van der Waals surface area contributed by atoms with Crippen LogP contribution in [0.1, 0.15) is 36.8 Å². The van der Waals surface area contributed by atoms with Gasteiger partial charge in [-0.1, -0.05) is 31.2 Å². The number of nitrogens with zero attached hydrogens (tertiary/aromatic N) is 1. The van der Waals surface area contributed by atoms with Gasteiger partial charge in [-0.3, -0.25) is 0 Å². The average Bonchev–Trinajstić information content (AvgIpc) is 2.18. The largest absolute Gasteiger partial charge is 0.411 e. The lowest BCUT2D eigenvalue weighted by Crippen LogP contribution is -1.96. The summed E-state index contributed by atoms with van der Waals surface area (Å²) in [5.41, 5.74) is 2.72. The lowest BCUT2D eigenvalue weighted by molar-refractivity contribution is 0.320. The summed E-state index contributed by atoms with van der Waals surface area (Å²) in [7, 11) is 0. The fourth-order valence-electron chi connectivity index (χ4n) is 1.68. The smallest absolute Gasteiger partial charge is 0.0436 e. The Morgan fingerprint density at radius 1 is 1.43 bits per heavy atom. The zero-order chi connectivity index (χ0) is 10.4. The van der Waals surface area contributed by atoms with Crippen LogP contribution in [0, 0.1) is 6.92 Å². The van der Waals surface area contributed by atoms with Crippen molar-refractivity contribution in [1.82, 2.24) is 0 Å². The van der Waals surface area contributed by atoms with Gasteiger partial charge in [0.15, 0.2) is 0 Å². The molecule has 0 saturated carbocycles. The monoisotopic (exact) mass is 191 g/mol. The Balaban J connectivity index is 2.60. The Morgan fingerprint density at radius 2 is 2.14 bits per heavy atom. The third kappa shape index (κ3) is 2.87. The minimum absolute atomic E-state index is 0.522. The maximum Gasteiger partial charge on any atom is 0.0436 e. The summed E-state index contributed by atoms with van der Waals surface area (Å²) < 4.78 is 0. The van der Waals surface area contributed by atoms with Gasteiger partial charge in [0.25, 0.3) is 0 Å². The zero-order valence-electron chi connectivity index (χ0n) is 8.77. The van der Waals surface area contributed by atoms with Crippen LogP contribution >= 0.6 is 0 Å². The Bertz CT molecular complexity index is 307. The fraction of sp³-hybridized carbons (Fsp3) is 0.417. The molecular formula is C12H17NO. The second-order valence-corrected chi connectivity index (χ2v) is 3.63. The molecule has 0 amide bonds. The summed E-state index contributed by atoms with van der Waals surface area (Å²) in [6, 6.07) is 8.42. The first-order valence-corrected chi connectivity index (χ1v) is 4.97. The topological polar surface area (TPSA) is 32.6 Å². The van der Waals surface area contributed by atoms with Crippen LogP contribution in [0.3, 0.4) is 0 Å². The highest BCUT2D eigenvalue weighted by molar-refractivity contribution is 5.56. The highest BCUT2D eigenvalue weighted by Gasteiger charge is 2.06. The van der Waals surface area contributed by atoms with Crippen LogP contribution in [0.4, 0.5) is 0 Å². The maximum absolute atomic E-state index is 8.27. The molecule has 2 nitrogen and oxygen atoms in total. The fourth-order valence-corrected chi connectivity index (χ4v) is 1.68. The second kappa shape index (κ2) is 5.43. The summed E-state index contributed by atoms with van der Waals surface area (Å²) in [5, 5.41) is 11.3. The van der Waals surface area contributed by atoms with Gasteiger partial charge in [-0.15, -0.1) is 5.16 Å². The first-order chi connectivity index (χ1) is 6.75. The van der Waals surface area contributed by atoms with Gasteiger partial charge >= 0.3 is 0 Å². The van der Waals surface area contributed by atoms with Crippen LogP contribution in [-0.2, 0) is 0 Å². The molecule has 1 rings (SSSR count). The van der Waals surface area contributed by atoms with Crippen LogP contribution in [0.5, 0.6) is 0 Å². The van der Waals surface area contributed by atoms with Crippen molar-refractivity contribution in [1.29, 1.82) is 0 Å². The lowest BCUT2D eigenvalue weighted by Gasteiger charge is -2.12. The molecule has 1 aromatic carbocycles. The zero-order valence-corrected chi connectivity index (χ0v) is 8.77. The van der Waals surface area contributed by atoms with E-state index in [1.807, 2.05) is 0 Å². The number of oxime groups is 1. The van der Waals surface area contributed by atoms with Gasteiger partial charge in [-0.25, -0.2) is 0 Å². The van der Waals surface area contributed by atoms with Crippen LogP contribution in [0.15, 0.2) is 29.4 Å². The first-order valence-electron chi connectivity index (χ1n) is 4.97. The highest BCUT2D eigenvalue weighted by atomic mass is 16.4. The molecule has 2 heteroatoms. The van der Waals surface area contributed by atoms with Crippen molar-refractivity contribution in [3.63, 3.8) is 0 Å². The Morgan fingerprint density at radius 3 is 2.79 bits per heavy atom. The van der Waals surface area contributed by atoms with Crippen LogP contribution in [0.25, 0.3) is 0 Å². The highest BCUT2D eigenvalue weighted by Crippen LogP contribution is 2.22. The molecule has 0 heterocycles. The van der Waals surface area contributed by atoms with Crippen LogP contribution in [0.2, 0.25) is 0 Å². The van der Waals surface area contributed by atoms with Crippen molar-refractivity contribution in [2.75, 3.05) is 0 Å². The molecule has 0 spiro atoms. The van der Waals surface area contributed by atoms with Gasteiger partial charge in [0, 0.05) is 6.21 Å². The summed E-state index contributed by atoms with van der Waals surface area (Å²) in [6.45, 7) is 4.33. The van der Waals surface area contributed by atoms with Crippen molar-refractivity contribution >= 4 is 6.21 Å². The Kier molecular flexibility index (Phi) is 4.17. The predicted molar refractivity (Wildman–Crippen MR) is 59.1 cm³/mol. The van der Waals surface area contributed by atoms with E-state index in [1.54, 1.807) is 6.21 Å². The molecule has 0 bridgehead atoms. The van der Waals surface area contributed by atoms with Gasteiger partial charge in [-0.05, 0) is 36.8 Å². The molecule has 0 saturated heterocycles. The van der Waals surface area contributed by atoms with E-state index < -0.39 is 0 Å². The number of aryl methyl sites for hydroxylation is 1. The number of hydrogen-bond acceptors (Lipinski definition) is 2. The molecule has 76 valence electrons. The molecule has 1 aromatic rings. The Labute approximate surface area is 85.3 Å². The normalized spacial score (nSPS) is 13.3. The van der Waals surface area contributed by atoms with E-state index >= 15 is 0 Å². The number of rotatable bonds is 4. The lowest BCUT2D eigenvalue weighted by atomic mass is 9.93. The maximum atomic E-state index is 8.27. The summed E-state index contributed by atoms with van der Waals surface area (Å²) in [6.07, 6.45) is 3.40. The van der Waals surface area contributed by atoms with Gasteiger partial charge in [0.1, 0.15) is 0 Å². The van der Waals surface area contributed by atoms with Crippen LogP contribution < -0.4 is 0 Å². The minimum Gasteiger partial charge on any atom is -0.411 e. The van der Waals surface area contributed by atoms with Gasteiger partial charge in [0.05, 0.1) is 0 Å². The van der Waals surface area contributed by atoms with E-state index in [0.29, 0.717) is 5.92 Å². The van der Waals surface area contributed by atoms with E-state index in [2.05, 4.69) is 43.3 Å². The third-order valence-electron chi connectivity index (χ3n) is 2.53. The van der Waals surface area contributed by atoms with E-state index in [-0.39, 0.29) is 0 Å². The SMILES string of the molecule is Cc1ccccc1C(C)CCC=NO. The van der Waals surface area contributed by atoms with Crippen molar-refractivity contribution in [2.24, 2.45) is 5.16 Å². The van der Waals surface area contributed by atoms with Crippen molar-refractivity contribution < 1.29 is 5.21 Å². The predicted octanol–water partition coefficient (Wildman–Crippen LogP) is 3.34. The standard InChI is InChI=1S/C12H17NO/c1-10-6-3-4-8-12(10)11(2)7-5-9-13-14/h3-4,6,8-9,11,14H,5,7H2,1-2H3. The molecule has 0 aromatic heterocycles. The van der Waals surface area contributed by atoms with E-state index in [9.17, 15) is 0 Å². The van der Waals surface area contributed by atoms with E-state index in [4.69, 9.17) is 5.21 Å². The molecule has 0 fully saturated rings. The van der Waals surface area contributed by atoms with E-state index in [0.717, 1.165) is 12.8 Å². The second-order valence-electron chi connectivity index (χ2n) is 3.63. The van der Waals surface area contributed by atoms with Crippen molar-refractivity contribution in [2.45, 2.75) is 32.6 Å². The molecule has 0 aliphatic carbocycles. The molecule has 14 heavy (non-hydrogen) atoms. The summed E-state index contributed by atoms with van der Waals surface area (Å²) in [5.74, 6) is 0.522. The van der Waals surface area contributed by atoms with Crippen molar-refractivity contribution in [3.05, 3.63) is 35.4 Å². The van der Waals surface area contributed by atoms with Crippen LogP contribution in [-0.4, -0.2) is 11.4 Å².